The first kappa shape index (κ1) is 24.1. The van der Waals surface area contributed by atoms with Gasteiger partial charge in [-0.05, 0) is 64.3 Å². The number of amides is 1. The lowest BCUT2D eigenvalue weighted by Gasteiger charge is -2.34. The first-order valence-electron chi connectivity index (χ1n) is 11.3. The van der Waals surface area contributed by atoms with Crippen LogP contribution in [0, 0.1) is 0 Å². The van der Waals surface area contributed by atoms with E-state index in [1.165, 1.54) is 18.4 Å². The number of nitrogens with one attached hydrogen (secondary N) is 1. The van der Waals surface area contributed by atoms with Gasteiger partial charge in [0.05, 0.1) is 18.5 Å². The highest BCUT2D eigenvalue weighted by atomic mass is 32.1. The van der Waals surface area contributed by atoms with Crippen LogP contribution in [0.1, 0.15) is 28.2 Å². The molecular formula is C25H30N4O4S. The van der Waals surface area contributed by atoms with E-state index in [4.69, 9.17) is 14.5 Å². The number of nitrogens with zero attached hydrogens (tertiary/aromatic N) is 3. The molecule has 0 saturated carbocycles. The summed E-state index contributed by atoms with van der Waals surface area (Å²) in [4.78, 5) is 35.5. The summed E-state index contributed by atoms with van der Waals surface area (Å²) >= 11 is 1.22. The zero-order chi connectivity index (χ0) is 24.1. The summed E-state index contributed by atoms with van der Waals surface area (Å²) in [5.74, 6) is -0.270. The molecule has 2 aromatic heterocycles. The number of carbonyl (C=O) groups excluding carboxylic acids is 2. The molecule has 1 aliphatic heterocycles. The monoisotopic (exact) mass is 482 g/mol. The number of anilines is 1. The number of hydrogen-bond donors (Lipinski definition) is 1. The molecule has 0 radical (unpaired) electrons. The molecular weight excluding hydrogens is 452 g/mol. The first-order chi connectivity index (χ1) is 16.4. The maximum atomic E-state index is 12.6. The molecule has 1 saturated heterocycles. The van der Waals surface area contributed by atoms with Crippen LogP contribution < -0.4 is 10.1 Å². The van der Waals surface area contributed by atoms with Gasteiger partial charge in [0.2, 0.25) is 0 Å². The molecule has 0 unspecified atom stereocenters. The second kappa shape index (κ2) is 10.9. The minimum absolute atomic E-state index is 0.172. The predicted octanol–water partition coefficient (Wildman–Crippen LogP) is 3.63. The Labute approximate surface area is 203 Å². The van der Waals surface area contributed by atoms with E-state index in [2.05, 4.69) is 29.2 Å². The molecule has 9 heteroatoms. The van der Waals surface area contributed by atoms with Gasteiger partial charge in [-0.3, -0.25) is 9.69 Å². The van der Waals surface area contributed by atoms with Crippen LogP contribution in [-0.2, 0) is 16.1 Å². The maximum Gasteiger partial charge on any atom is 0.350 e. The molecule has 0 aliphatic carbocycles. The van der Waals surface area contributed by atoms with Crippen molar-refractivity contribution in [1.82, 2.24) is 14.8 Å². The Hall–Kier alpha value is -3.01. The van der Waals surface area contributed by atoms with E-state index >= 15 is 0 Å². The number of piperidine rings is 1. The average Bonchev–Trinajstić information content (AvgIpc) is 3.20. The summed E-state index contributed by atoms with van der Waals surface area (Å²) in [6, 6.07) is 13.5. The molecule has 1 N–H and O–H groups in total. The first-order valence-corrected chi connectivity index (χ1v) is 12.1. The Morgan fingerprint density at radius 1 is 1.18 bits per heavy atom. The minimum Gasteiger partial charge on any atom is -0.484 e. The lowest BCUT2D eigenvalue weighted by Crippen LogP contribution is -2.41. The van der Waals surface area contributed by atoms with Crippen molar-refractivity contribution in [3.05, 3.63) is 53.0 Å². The van der Waals surface area contributed by atoms with Gasteiger partial charge in [-0.1, -0.05) is 18.2 Å². The number of thiophene rings is 1. The van der Waals surface area contributed by atoms with Gasteiger partial charge in [0.1, 0.15) is 15.5 Å². The Bertz CT molecular complexity index is 1140. The van der Waals surface area contributed by atoms with Crippen LogP contribution in [0.2, 0.25) is 0 Å². The van der Waals surface area contributed by atoms with Crippen molar-refractivity contribution in [2.24, 2.45) is 0 Å². The molecule has 0 atom stereocenters. The SMILES string of the molecule is COC(=O)c1sc2nc(CN(C)C3CCN(C)CC3)ccc2c1NC(=O)COc1ccccc1. The van der Waals surface area contributed by atoms with Crippen LogP contribution in [0.5, 0.6) is 5.75 Å². The largest absolute Gasteiger partial charge is 0.484 e. The van der Waals surface area contributed by atoms with Crippen molar-refractivity contribution >= 4 is 39.1 Å². The second-order valence-corrected chi connectivity index (χ2v) is 9.55. The van der Waals surface area contributed by atoms with Crippen LogP contribution in [0.4, 0.5) is 5.69 Å². The Morgan fingerprint density at radius 2 is 1.91 bits per heavy atom. The number of rotatable bonds is 8. The van der Waals surface area contributed by atoms with E-state index in [0.29, 0.717) is 32.6 Å². The number of esters is 1. The third kappa shape index (κ3) is 5.72. The lowest BCUT2D eigenvalue weighted by atomic mass is 10.0. The van der Waals surface area contributed by atoms with Gasteiger partial charge in [0.15, 0.2) is 6.61 Å². The standard InChI is InChI=1S/C25H30N4O4S/c1-28-13-11-18(12-14-28)29(2)15-17-9-10-20-22(23(25(31)32-3)34-24(20)26-17)27-21(30)16-33-19-7-5-4-6-8-19/h4-10,18H,11-16H2,1-3H3,(H,27,30). The highest BCUT2D eigenvalue weighted by molar-refractivity contribution is 7.21. The summed E-state index contributed by atoms with van der Waals surface area (Å²) in [7, 11) is 5.62. The van der Waals surface area contributed by atoms with Gasteiger partial charge in [0.25, 0.3) is 5.91 Å². The van der Waals surface area contributed by atoms with Crippen molar-refractivity contribution in [2.75, 3.05) is 46.2 Å². The van der Waals surface area contributed by atoms with Crippen molar-refractivity contribution in [3.63, 3.8) is 0 Å². The molecule has 1 aliphatic rings. The van der Waals surface area contributed by atoms with Crippen molar-refractivity contribution < 1.29 is 19.1 Å². The predicted molar refractivity (Wildman–Crippen MR) is 134 cm³/mol. The quantitative estimate of drug-likeness (QED) is 0.491. The summed E-state index contributed by atoms with van der Waals surface area (Å²) < 4.78 is 10.5. The smallest absolute Gasteiger partial charge is 0.350 e. The molecule has 0 bridgehead atoms. The molecule has 1 aromatic carbocycles. The Kier molecular flexibility index (Phi) is 7.77. The van der Waals surface area contributed by atoms with Gasteiger partial charge < -0.3 is 19.7 Å². The third-order valence-electron chi connectivity index (χ3n) is 6.08. The van der Waals surface area contributed by atoms with Gasteiger partial charge in [-0.15, -0.1) is 11.3 Å². The van der Waals surface area contributed by atoms with Gasteiger partial charge in [-0.25, -0.2) is 9.78 Å². The van der Waals surface area contributed by atoms with Gasteiger partial charge in [-0.2, -0.15) is 0 Å². The molecule has 4 rings (SSSR count). The van der Waals surface area contributed by atoms with Crippen LogP contribution in [0.15, 0.2) is 42.5 Å². The number of carbonyl (C=O) groups is 2. The number of hydrogen-bond acceptors (Lipinski definition) is 8. The highest BCUT2D eigenvalue weighted by Crippen LogP contribution is 2.35. The fraction of sp³-hybridized carbons (Fsp3) is 0.400. The number of aromatic nitrogens is 1. The topological polar surface area (TPSA) is 84.0 Å². The Balaban J connectivity index is 1.50. The van der Waals surface area contributed by atoms with E-state index in [0.717, 1.165) is 38.2 Å². The van der Waals surface area contributed by atoms with E-state index in [1.54, 1.807) is 12.1 Å². The lowest BCUT2D eigenvalue weighted by molar-refractivity contribution is -0.118. The second-order valence-electron chi connectivity index (χ2n) is 8.55. The fourth-order valence-corrected chi connectivity index (χ4v) is 5.19. The highest BCUT2D eigenvalue weighted by Gasteiger charge is 2.24. The molecule has 3 aromatic rings. The summed E-state index contributed by atoms with van der Waals surface area (Å²) in [5.41, 5.74) is 1.34. The molecule has 1 amide bonds. The summed E-state index contributed by atoms with van der Waals surface area (Å²) in [6.07, 6.45) is 2.28. The van der Waals surface area contributed by atoms with Crippen LogP contribution >= 0.6 is 11.3 Å². The van der Waals surface area contributed by atoms with E-state index in [-0.39, 0.29) is 12.5 Å². The number of benzene rings is 1. The number of para-hydroxylation sites is 1. The third-order valence-corrected chi connectivity index (χ3v) is 7.16. The van der Waals surface area contributed by atoms with Crippen LogP contribution in [-0.4, -0.2) is 73.6 Å². The fourth-order valence-electron chi connectivity index (χ4n) is 4.13. The van der Waals surface area contributed by atoms with Gasteiger partial charge >= 0.3 is 5.97 Å². The summed E-state index contributed by atoms with van der Waals surface area (Å²) in [6.45, 7) is 2.76. The van der Waals surface area contributed by atoms with Gasteiger partial charge in [0, 0.05) is 18.0 Å². The van der Waals surface area contributed by atoms with Crippen molar-refractivity contribution in [1.29, 1.82) is 0 Å². The molecule has 34 heavy (non-hydrogen) atoms. The van der Waals surface area contributed by atoms with Crippen molar-refractivity contribution in [2.45, 2.75) is 25.4 Å². The van der Waals surface area contributed by atoms with Crippen LogP contribution in [0.3, 0.4) is 0 Å². The van der Waals surface area contributed by atoms with Crippen molar-refractivity contribution in [3.8, 4) is 5.75 Å². The minimum atomic E-state index is -0.507. The summed E-state index contributed by atoms with van der Waals surface area (Å²) in [5, 5.41) is 3.54. The number of methoxy groups -OCH3 is 1. The number of ether oxygens (including phenoxy) is 2. The van der Waals surface area contributed by atoms with E-state index < -0.39 is 5.97 Å². The molecule has 8 nitrogen and oxygen atoms in total. The van der Waals surface area contributed by atoms with Crippen LogP contribution in [0.25, 0.3) is 10.2 Å². The molecule has 1 fully saturated rings. The number of fused-ring (bicyclic) bond motifs is 1. The number of pyridine rings is 1. The zero-order valence-electron chi connectivity index (χ0n) is 19.7. The van der Waals surface area contributed by atoms with E-state index in [1.807, 2.05) is 30.3 Å². The zero-order valence-corrected chi connectivity index (χ0v) is 20.6. The van der Waals surface area contributed by atoms with E-state index in [9.17, 15) is 9.59 Å². The average molecular weight is 483 g/mol. The maximum absolute atomic E-state index is 12.6. The molecule has 3 heterocycles. The number of likely N-dealkylation sites (tertiary alicyclic amines) is 1. The molecule has 0 spiro atoms. The molecule has 180 valence electrons. The Morgan fingerprint density at radius 3 is 2.62 bits per heavy atom. The normalized spacial score (nSPS) is 14.9.